The quantitative estimate of drug-likeness (QED) is 0.551. The highest BCUT2D eigenvalue weighted by molar-refractivity contribution is 6.02. The van der Waals surface area contributed by atoms with E-state index >= 15 is 0 Å². The molecule has 3 aromatic rings. The molecule has 1 fully saturated rings. The van der Waals surface area contributed by atoms with Crippen LogP contribution in [0.1, 0.15) is 35.8 Å². The van der Waals surface area contributed by atoms with E-state index in [0.29, 0.717) is 12.2 Å². The number of esters is 1. The van der Waals surface area contributed by atoms with Gasteiger partial charge >= 0.3 is 11.7 Å². The maximum atomic E-state index is 13.3. The summed E-state index contributed by atoms with van der Waals surface area (Å²) in [5.41, 5.74) is 7.04. The lowest BCUT2D eigenvalue weighted by Crippen LogP contribution is -2.31. The van der Waals surface area contributed by atoms with Gasteiger partial charge in [-0.3, -0.25) is 18.7 Å². The van der Waals surface area contributed by atoms with Crippen molar-refractivity contribution in [2.45, 2.75) is 45.9 Å². The van der Waals surface area contributed by atoms with E-state index in [1.807, 2.05) is 31.2 Å². The van der Waals surface area contributed by atoms with E-state index in [4.69, 9.17) is 15.2 Å². The summed E-state index contributed by atoms with van der Waals surface area (Å²) in [5.74, 6) is -1.16. The van der Waals surface area contributed by atoms with Gasteiger partial charge in [0.25, 0.3) is 5.91 Å². The van der Waals surface area contributed by atoms with Crippen LogP contribution in [0.3, 0.4) is 0 Å². The summed E-state index contributed by atoms with van der Waals surface area (Å²) in [6.45, 7) is 4.26. The summed E-state index contributed by atoms with van der Waals surface area (Å²) >= 11 is 0. The molecule has 4 rings (SSSR count). The second-order valence-electron chi connectivity index (χ2n) is 7.72. The topological polar surface area (TPSA) is 131 Å². The third-order valence-electron chi connectivity index (χ3n) is 5.37. The van der Waals surface area contributed by atoms with Gasteiger partial charge in [-0.15, -0.1) is 0 Å². The lowest BCUT2D eigenvalue weighted by Gasteiger charge is -2.10. The molecule has 1 aromatic carbocycles. The molecule has 0 saturated carbocycles. The first-order valence-corrected chi connectivity index (χ1v) is 10.5. The van der Waals surface area contributed by atoms with Crippen molar-refractivity contribution >= 4 is 23.0 Å². The molecule has 0 spiro atoms. The highest BCUT2D eigenvalue weighted by atomic mass is 16.5. The van der Waals surface area contributed by atoms with Crippen molar-refractivity contribution in [2.75, 3.05) is 13.2 Å². The Labute approximate surface area is 184 Å². The first-order valence-electron chi connectivity index (χ1n) is 10.5. The van der Waals surface area contributed by atoms with Gasteiger partial charge in [-0.25, -0.2) is 14.8 Å². The summed E-state index contributed by atoms with van der Waals surface area (Å²) in [5, 5.41) is 0. The number of amides is 1. The number of hydrogen-bond acceptors (Lipinski definition) is 7. The standard InChI is InChI=1S/C22H25N5O5/c1-3-31-16(28)12-26-18-17(19(23)29)24-20(14-7-4-6-13(2)10-14)25-21(18)27(22(26)30)11-15-8-5-9-32-15/h4,6-7,10,15H,3,5,8-9,11-12H2,1-2H3,(H2,23,29). The Kier molecular flexibility index (Phi) is 6.04. The number of rotatable bonds is 7. The average molecular weight is 439 g/mol. The largest absolute Gasteiger partial charge is 0.465 e. The number of aryl methyl sites for hydroxylation is 1. The molecular formula is C22H25N5O5. The zero-order chi connectivity index (χ0) is 22.8. The predicted molar refractivity (Wildman–Crippen MR) is 116 cm³/mol. The molecule has 0 bridgehead atoms. The van der Waals surface area contributed by atoms with Crippen LogP contribution >= 0.6 is 0 Å². The minimum Gasteiger partial charge on any atom is -0.465 e. The summed E-state index contributed by atoms with van der Waals surface area (Å²) in [4.78, 5) is 46.9. The Morgan fingerprint density at radius 3 is 2.75 bits per heavy atom. The maximum absolute atomic E-state index is 13.3. The second kappa shape index (κ2) is 8.91. The van der Waals surface area contributed by atoms with E-state index in [1.165, 1.54) is 4.57 Å². The first kappa shape index (κ1) is 21.7. The van der Waals surface area contributed by atoms with Gasteiger partial charge in [0.05, 0.1) is 19.3 Å². The van der Waals surface area contributed by atoms with Crippen LogP contribution in [0.4, 0.5) is 0 Å². The SMILES string of the molecule is CCOC(=O)Cn1c(=O)n(CC2CCCO2)c2nc(-c3cccc(C)c3)nc(C(N)=O)c21. The van der Waals surface area contributed by atoms with E-state index in [-0.39, 0.29) is 48.5 Å². The van der Waals surface area contributed by atoms with Crippen LogP contribution in [0.2, 0.25) is 0 Å². The molecule has 1 amide bonds. The van der Waals surface area contributed by atoms with E-state index in [0.717, 1.165) is 23.0 Å². The van der Waals surface area contributed by atoms with Gasteiger partial charge < -0.3 is 15.2 Å². The molecule has 1 saturated heterocycles. The van der Waals surface area contributed by atoms with Crippen LogP contribution in [0.25, 0.3) is 22.6 Å². The molecule has 0 radical (unpaired) electrons. The second-order valence-corrected chi connectivity index (χ2v) is 7.72. The lowest BCUT2D eigenvalue weighted by molar-refractivity contribution is -0.143. The minimum absolute atomic E-state index is 0.116. The fourth-order valence-electron chi connectivity index (χ4n) is 3.94. The van der Waals surface area contributed by atoms with Crippen molar-refractivity contribution in [1.29, 1.82) is 0 Å². The van der Waals surface area contributed by atoms with Crippen molar-refractivity contribution in [3.05, 3.63) is 46.0 Å². The number of aromatic nitrogens is 4. The third-order valence-corrected chi connectivity index (χ3v) is 5.37. The molecule has 0 aliphatic carbocycles. The maximum Gasteiger partial charge on any atom is 0.331 e. The number of benzene rings is 1. The molecule has 32 heavy (non-hydrogen) atoms. The Morgan fingerprint density at radius 1 is 1.28 bits per heavy atom. The van der Waals surface area contributed by atoms with Gasteiger partial charge in [0, 0.05) is 12.2 Å². The number of hydrogen-bond donors (Lipinski definition) is 1. The number of fused-ring (bicyclic) bond motifs is 1. The molecule has 2 N–H and O–H groups in total. The van der Waals surface area contributed by atoms with Crippen molar-refractivity contribution in [2.24, 2.45) is 5.73 Å². The summed E-state index contributed by atoms with van der Waals surface area (Å²) in [7, 11) is 0. The molecule has 3 heterocycles. The van der Waals surface area contributed by atoms with Gasteiger partial charge in [-0.1, -0.05) is 23.8 Å². The van der Waals surface area contributed by atoms with Gasteiger partial charge in [0.15, 0.2) is 17.2 Å². The zero-order valence-electron chi connectivity index (χ0n) is 18.0. The third kappa shape index (κ3) is 4.13. The Bertz CT molecular complexity index is 1240. The van der Waals surface area contributed by atoms with Crippen molar-refractivity contribution in [3.63, 3.8) is 0 Å². The van der Waals surface area contributed by atoms with Gasteiger partial charge in [0.1, 0.15) is 12.1 Å². The van der Waals surface area contributed by atoms with Gasteiger partial charge in [-0.2, -0.15) is 0 Å². The molecule has 10 nitrogen and oxygen atoms in total. The van der Waals surface area contributed by atoms with E-state index in [1.54, 1.807) is 6.92 Å². The van der Waals surface area contributed by atoms with Crippen molar-refractivity contribution < 1.29 is 19.1 Å². The fourth-order valence-corrected chi connectivity index (χ4v) is 3.94. The number of nitrogens with two attached hydrogens (primary N) is 1. The van der Waals surface area contributed by atoms with Crippen LogP contribution in [0.15, 0.2) is 29.1 Å². The number of imidazole rings is 1. The number of ether oxygens (including phenoxy) is 2. The Balaban J connectivity index is 1.96. The van der Waals surface area contributed by atoms with Crippen molar-refractivity contribution in [3.8, 4) is 11.4 Å². The van der Waals surface area contributed by atoms with Crippen LogP contribution in [0, 0.1) is 6.92 Å². The molecule has 168 valence electrons. The minimum atomic E-state index is -0.821. The molecule has 1 atom stereocenters. The first-order chi connectivity index (χ1) is 15.4. The normalized spacial score (nSPS) is 15.9. The molecule has 2 aromatic heterocycles. The number of carbonyl (C=O) groups excluding carboxylic acids is 2. The van der Waals surface area contributed by atoms with Crippen LogP contribution in [-0.4, -0.2) is 50.3 Å². The zero-order valence-corrected chi connectivity index (χ0v) is 18.0. The number of nitrogens with zero attached hydrogens (tertiary/aromatic N) is 4. The molecule has 1 aliphatic rings. The average Bonchev–Trinajstić information content (AvgIpc) is 3.36. The highest BCUT2D eigenvalue weighted by Gasteiger charge is 2.27. The van der Waals surface area contributed by atoms with E-state index in [9.17, 15) is 14.4 Å². The predicted octanol–water partition coefficient (Wildman–Crippen LogP) is 1.41. The summed E-state index contributed by atoms with van der Waals surface area (Å²) in [6, 6.07) is 7.48. The smallest absolute Gasteiger partial charge is 0.331 e. The Morgan fingerprint density at radius 2 is 2.09 bits per heavy atom. The molecule has 1 aliphatic heterocycles. The molecule has 1 unspecified atom stereocenters. The monoisotopic (exact) mass is 439 g/mol. The Hall–Kier alpha value is -3.53. The molecule has 10 heteroatoms. The van der Waals surface area contributed by atoms with Crippen LogP contribution in [0.5, 0.6) is 0 Å². The lowest BCUT2D eigenvalue weighted by atomic mass is 10.1. The number of primary amides is 1. The van der Waals surface area contributed by atoms with Gasteiger partial charge in [-0.05, 0) is 32.8 Å². The summed E-state index contributed by atoms with van der Waals surface area (Å²) < 4.78 is 13.3. The van der Waals surface area contributed by atoms with Crippen LogP contribution < -0.4 is 11.4 Å². The molecular weight excluding hydrogens is 414 g/mol. The highest BCUT2D eigenvalue weighted by Crippen LogP contribution is 2.24. The number of carbonyl (C=O) groups is 2. The van der Waals surface area contributed by atoms with E-state index in [2.05, 4.69) is 9.97 Å². The fraction of sp³-hybridized carbons (Fsp3) is 0.409. The van der Waals surface area contributed by atoms with Gasteiger partial charge in [0.2, 0.25) is 0 Å². The van der Waals surface area contributed by atoms with Crippen LogP contribution in [-0.2, 0) is 27.4 Å². The summed E-state index contributed by atoms with van der Waals surface area (Å²) in [6.07, 6.45) is 1.54. The van der Waals surface area contributed by atoms with Crippen molar-refractivity contribution in [1.82, 2.24) is 19.1 Å². The van der Waals surface area contributed by atoms with E-state index < -0.39 is 17.6 Å².